The van der Waals surface area contributed by atoms with Crippen LogP contribution in [0.5, 0.6) is 0 Å². The van der Waals surface area contributed by atoms with Gasteiger partial charge in [-0.1, -0.05) is 36.1 Å². The van der Waals surface area contributed by atoms with Crippen molar-refractivity contribution in [3.63, 3.8) is 0 Å². The molecule has 1 unspecified atom stereocenters. The topological polar surface area (TPSA) is 107 Å². The van der Waals surface area contributed by atoms with E-state index in [9.17, 15) is 9.59 Å². The van der Waals surface area contributed by atoms with Gasteiger partial charge in [0.2, 0.25) is 0 Å². The molecule has 2 aliphatic rings. The third-order valence-electron chi connectivity index (χ3n) is 6.29. The Balaban J connectivity index is 1.40. The lowest BCUT2D eigenvalue weighted by atomic mass is 9.91. The van der Waals surface area contributed by atoms with Crippen LogP contribution in [0, 0.1) is 23.2 Å². The summed E-state index contributed by atoms with van der Waals surface area (Å²) < 4.78 is 5.41. The molecule has 0 aromatic heterocycles. The predicted molar refractivity (Wildman–Crippen MR) is 141 cm³/mol. The number of nitrogens with zero attached hydrogens (tertiary/aromatic N) is 4. The normalized spacial score (nSPS) is 16.5. The first-order valence-electron chi connectivity index (χ1n) is 12.4. The maximum Gasteiger partial charge on any atom is 0.320 e. The number of hydrogen-bond acceptors (Lipinski definition) is 7. The molecule has 0 aliphatic carbocycles. The van der Waals surface area contributed by atoms with E-state index in [4.69, 9.17) is 10.00 Å². The van der Waals surface area contributed by atoms with Gasteiger partial charge in [-0.05, 0) is 35.4 Å². The SMILES string of the molecule is N#CCCNCC(CC1=NC=NC(=O)C1=O)c1ccc(C#Cc2ccc(CN3CCOCC3)cc2)cc1. The van der Waals surface area contributed by atoms with E-state index in [1.54, 1.807) is 0 Å². The number of ketones is 1. The fourth-order valence-corrected chi connectivity index (χ4v) is 4.19. The molecule has 1 atom stereocenters. The third-order valence-corrected chi connectivity index (χ3v) is 6.29. The largest absolute Gasteiger partial charge is 0.379 e. The summed E-state index contributed by atoms with van der Waals surface area (Å²) in [6.45, 7) is 5.52. The highest BCUT2D eigenvalue weighted by Gasteiger charge is 2.26. The zero-order valence-electron chi connectivity index (χ0n) is 20.7. The fraction of sp³-hybridized carbons (Fsp3) is 0.345. The molecule has 37 heavy (non-hydrogen) atoms. The number of benzene rings is 2. The van der Waals surface area contributed by atoms with Crippen molar-refractivity contribution in [1.82, 2.24) is 10.2 Å². The first kappa shape index (κ1) is 26.1. The van der Waals surface area contributed by atoms with Crippen LogP contribution in [0.2, 0.25) is 0 Å². The Morgan fingerprint density at radius 1 is 1.00 bits per heavy atom. The van der Waals surface area contributed by atoms with Crippen molar-refractivity contribution in [2.24, 2.45) is 9.98 Å². The van der Waals surface area contributed by atoms with Crippen molar-refractivity contribution in [3.8, 4) is 17.9 Å². The Bertz CT molecular complexity index is 1260. The highest BCUT2D eigenvalue weighted by atomic mass is 16.5. The Morgan fingerprint density at radius 3 is 2.35 bits per heavy atom. The summed E-state index contributed by atoms with van der Waals surface area (Å²) in [5, 5.41) is 12.0. The summed E-state index contributed by atoms with van der Waals surface area (Å²) in [5.41, 5.74) is 4.29. The van der Waals surface area contributed by atoms with Crippen LogP contribution < -0.4 is 5.32 Å². The van der Waals surface area contributed by atoms with Crippen LogP contribution in [0.1, 0.15) is 41.0 Å². The molecular formula is C29H29N5O3. The number of carbonyl (C=O) groups is 2. The number of nitrogens with one attached hydrogen (secondary N) is 1. The van der Waals surface area contributed by atoms with Gasteiger partial charge >= 0.3 is 5.91 Å². The van der Waals surface area contributed by atoms with E-state index in [1.165, 1.54) is 5.56 Å². The van der Waals surface area contributed by atoms with E-state index in [0.717, 1.165) is 55.9 Å². The molecule has 0 spiro atoms. The van der Waals surface area contributed by atoms with Gasteiger partial charge in [0.05, 0.1) is 25.0 Å². The van der Waals surface area contributed by atoms with Crippen molar-refractivity contribution < 1.29 is 14.3 Å². The summed E-state index contributed by atoms with van der Waals surface area (Å²) in [6, 6.07) is 18.3. The number of rotatable bonds is 9. The minimum absolute atomic E-state index is 0.0956. The van der Waals surface area contributed by atoms with E-state index in [1.807, 2.05) is 36.4 Å². The maximum atomic E-state index is 12.2. The molecular weight excluding hydrogens is 466 g/mol. The third kappa shape index (κ3) is 7.77. The molecule has 188 valence electrons. The van der Waals surface area contributed by atoms with Crippen molar-refractivity contribution in [2.75, 3.05) is 39.4 Å². The second-order valence-corrected chi connectivity index (χ2v) is 8.93. The van der Waals surface area contributed by atoms with Crippen LogP contribution >= 0.6 is 0 Å². The number of morpholine rings is 1. The Hall–Kier alpha value is -3.95. The quantitative estimate of drug-likeness (QED) is 0.325. The van der Waals surface area contributed by atoms with Crippen molar-refractivity contribution >= 4 is 23.7 Å². The molecule has 8 nitrogen and oxygen atoms in total. The zero-order valence-corrected chi connectivity index (χ0v) is 20.7. The molecule has 1 amide bonds. The van der Waals surface area contributed by atoms with Crippen LogP contribution in [0.25, 0.3) is 0 Å². The van der Waals surface area contributed by atoms with Gasteiger partial charge in [-0.15, -0.1) is 0 Å². The standard InChI is InChI=1S/C29H29N5O3/c30-12-1-13-31-19-26(18-27-28(35)29(36)33-21-32-27)25-10-8-23(9-11-25)3-2-22-4-6-24(7-5-22)20-34-14-16-37-17-15-34/h4-11,21,26,31H,1,13-20H2. The number of carbonyl (C=O) groups excluding carboxylic acids is 2. The second-order valence-electron chi connectivity index (χ2n) is 8.93. The van der Waals surface area contributed by atoms with Crippen LogP contribution in [0.4, 0.5) is 0 Å². The Morgan fingerprint density at radius 2 is 1.68 bits per heavy atom. The minimum atomic E-state index is -0.791. The van der Waals surface area contributed by atoms with Crippen molar-refractivity contribution in [1.29, 1.82) is 5.26 Å². The lowest BCUT2D eigenvalue weighted by Crippen LogP contribution is -2.35. The monoisotopic (exact) mass is 495 g/mol. The number of hydrogen-bond donors (Lipinski definition) is 1. The van der Waals surface area contributed by atoms with Crippen molar-refractivity contribution in [3.05, 3.63) is 70.8 Å². The molecule has 1 saturated heterocycles. The summed E-state index contributed by atoms with van der Waals surface area (Å²) in [4.78, 5) is 33.7. The second kappa shape index (κ2) is 13.4. The summed E-state index contributed by atoms with van der Waals surface area (Å²) in [7, 11) is 0. The number of aliphatic imine (C=N–C) groups is 2. The van der Waals surface area contributed by atoms with Crippen LogP contribution in [-0.2, 0) is 20.9 Å². The number of Topliss-reactive ketones (excluding diaryl/α,β-unsaturated/α-hetero) is 1. The smallest absolute Gasteiger partial charge is 0.320 e. The van der Waals surface area contributed by atoms with Gasteiger partial charge in [0.25, 0.3) is 5.78 Å². The minimum Gasteiger partial charge on any atom is -0.379 e. The van der Waals surface area contributed by atoms with Gasteiger partial charge in [0.1, 0.15) is 6.34 Å². The molecule has 2 aromatic rings. The molecule has 1 fully saturated rings. The summed E-state index contributed by atoms with van der Waals surface area (Å²) >= 11 is 0. The van der Waals surface area contributed by atoms with E-state index in [0.29, 0.717) is 25.9 Å². The lowest BCUT2D eigenvalue weighted by Gasteiger charge is -2.26. The van der Waals surface area contributed by atoms with Gasteiger partial charge in [-0.25, -0.2) is 4.99 Å². The van der Waals surface area contributed by atoms with Gasteiger partial charge in [0, 0.05) is 62.6 Å². The Kier molecular flexibility index (Phi) is 9.45. The molecule has 0 saturated carbocycles. The molecule has 0 bridgehead atoms. The summed E-state index contributed by atoms with van der Waals surface area (Å²) in [6.07, 6.45) is 1.82. The average Bonchev–Trinajstić information content (AvgIpc) is 2.93. The van der Waals surface area contributed by atoms with E-state index < -0.39 is 11.7 Å². The molecule has 8 heteroatoms. The van der Waals surface area contributed by atoms with Gasteiger partial charge in [0.15, 0.2) is 0 Å². The first-order valence-corrected chi connectivity index (χ1v) is 12.4. The molecule has 0 radical (unpaired) electrons. The fourth-order valence-electron chi connectivity index (χ4n) is 4.19. The van der Waals surface area contributed by atoms with Gasteiger partial charge in [-0.3, -0.25) is 14.5 Å². The average molecular weight is 496 g/mol. The highest BCUT2D eigenvalue weighted by molar-refractivity contribution is 6.66. The van der Waals surface area contributed by atoms with E-state index in [-0.39, 0.29) is 11.6 Å². The number of nitriles is 1. The van der Waals surface area contributed by atoms with Crippen LogP contribution in [0.15, 0.2) is 58.5 Å². The molecule has 2 aliphatic heterocycles. The summed E-state index contributed by atoms with van der Waals surface area (Å²) in [5.74, 6) is 4.89. The predicted octanol–water partition coefficient (Wildman–Crippen LogP) is 2.47. The first-order chi connectivity index (χ1) is 18.1. The lowest BCUT2D eigenvalue weighted by molar-refractivity contribution is -0.132. The molecule has 2 aromatic carbocycles. The Labute approximate surface area is 217 Å². The number of ether oxygens (including phenoxy) is 1. The molecule has 2 heterocycles. The highest BCUT2D eigenvalue weighted by Crippen LogP contribution is 2.21. The van der Waals surface area contributed by atoms with Gasteiger partial charge in [-0.2, -0.15) is 10.3 Å². The van der Waals surface area contributed by atoms with E-state index in [2.05, 4.69) is 50.2 Å². The van der Waals surface area contributed by atoms with E-state index >= 15 is 0 Å². The van der Waals surface area contributed by atoms with Crippen LogP contribution in [-0.4, -0.2) is 68.0 Å². The molecule has 4 rings (SSSR count). The van der Waals surface area contributed by atoms with Gasteiger partial charge < -0.3 is 10.1 Å². The van der Waals surface area contributed by atoms with Crippen molar-refractivity contribution in [2.45, 2.75) is 25.3 Å². The zero-order chi connectivity index (χ0) is 25.9. The van der Waals surface area contributed by atoms with Crippen LogP contribution in [0.3, 0.4) is 0 Å². The maximum absolute atomic E-state index is 12.2. The number of amides is 1. The molecule has 1 N–H and O–H groups in total.